The van der Waals surface area contributed by atoms with Gasteiger partial charge in [-0.05, 0) is 54.6 Å². The van der Waals surface area contributed by atoms with Crippen molar-refractivity contribution in [1.29, 1.82) is 0 Å². The highest BCUT2D eigenvalue weighted by atomic mass is 35.5. The number of hydrogen-bond donors (Lipinski definition) is 0. The van der Waals surface area contributed by atoms with Crippen molar-refractivity contribution < 1.29 is 4.42 Å². The van der Waals surface area contributed by atoms with E-state index in [0.717, 1.165) is 11.1 Å². The number of halogens is 1. The van der Waals surface area contributed by atoms with E-state index in [2.05, 4.69) is 0 Å². The Morgan fingerprint density at radius 1 is 1.00 bits per heavy atom. The summed E-state index contributed by atoms with van der Waals surface area (Å²) >= 11 is 6.24. The molecule has 0 saturated heterocycles. The quantitative estimate of drug-likeness (QED) is 0.487. The first kappa shape index (κ1) is 18.3. The van der Waals surface area contributed by atoms with E-state index in [4.69, 9.17) is 16.0 Å². The van der Waals surface area contributed by atoms with E-state index < -0.39 is 17.4 Å². The zero-order valence-electron chi connectivity index (χ0n) is 15.5. The maximum absolute atomic E-state index is 12.7. The Labute approximate surface area is 164 Å². The number of benzene rings is 2. The van der Waals surface area contributed by atoms with Crippen LogP contribution < -0.4 is 16.9 Å². The van der Waals surface area contributed by atoms with Crippen LogP contribution in [0.4, 0.5) is 0 Å². The highest BCUT2D eigenvalue weighted by molar-refractivity contribution is 6.30. The fraction of sp³-hybridized carbons (Fsp3) is 0.190. The zero-order chi connectivity index (χ0) is 20.2. The summed E-state index contributed by atoms with van der Waals surface area (Å²) in [6.07, 6.45) is 0. The lowest BCUT2D eigenvalue weighted by atomic mass is 9.97. The van der Waals surface area contributed by atoms with Gasteiger partial charge in [0.2, 0.25) is 0 Å². The largest absolute Gasteiger partial charge is 0.422 e. The van der Waals surface area contributed by atoms with Crippen LogP contribution in [-0.2, 0) is 7.05 Å². The van der Waals surface area contributed by atoms with Gasteiger partial charge in [0.1, 0.15) is 5.15 Å². The van der Waals surface area contributed by atoms with Gasteiger partial charge in [0, 0.05) is 12.4 Å². The number of aromatic nitrogens is 2. The fourth-order valence-corrected chi connectivity index (χ4v) is 3.83. The van der Waals surface area contributed by atoms with Gasteiger partial charge in [-0.15, -0.1) is 0 Å². The van der Waals surface area contributed by atoms with Gasteiger partial charge in [0.05, 0.1) is 16.9 Å². The number of fused-ring (bicyclic) bond motifs is 2. The summed E-state index contributed by atoms with van der Waals surface area (Å²) in [5.41, 5.74) is 1.21. The van der Waals surface area contributed by atoms with Crippen LogP contribution in [-0.4, -0.2) is 9.13 Å². The third-order valence-corrected chi connectivity index (χ3v) is 5.44. The first-order valence-electron chi connectivity index (χ1n) is 8.73. The summed E-state index contributed by atoms with van der Waals surface area (Å²) in [7, 11) is 1.61. The summed E-state index contributed by atoms with van der Waals surface area (Å²) in [6.45, 7) is 3.71. The number of pyridine rings is 1. The second kappa shape index (κ2) is 6.49. The molecule has 0 bridgehead atoms. The Hall–Kier alpha value is -3.12. The average Bonchev–Trinajstić information content (AvgIpc) is 2.66. The van der Waals surface area contributed by atoms with Crippen molar-refractivity contribution in [2.75, 3.05) is 0 Å². The monoisotopic (exact) mass is 396 g/mol. The molecule has 0 N–H and O–H groups in total. The van der Waals surface area contributed by atoms with Gasteiger partial charge in [0.15, 0.2) is 0 Å². The molecule has 0 amide bonds. The number of hydrogen-bond acceptors (Lipinski definition) is 4. The van der Waals surface area contributed by atoms with Gasteiger partial charge in [-0.1, -0.05) is 29.8 Å². The summed E-state index contributed by atoms with van der Waals surface area (Å²) in [4.78, 5) is 37.3. The maximum atomic E-state index is 12.7. The van der Waals surface area contributed by atoms with E-state index in [1.165, 1.54) is 9.13 Å². The van der Waals surface area contributed by atoms with Crippen LogP contribution in [0.15, 0.2) is 61.3 Å². The molecule has 0 fully saturated rings. The molecule has 28 heavy (non-hydrogen) atoms. The van der Waals surface area contributed by atoms with Crippen molar-refractivity contribution in [3.63, 3.8) is 0 Å². The van der Waals surface area contributed by atoms with E-state index in [9.17, 15) is 14.4 Å². The van der Waals surface area contributed by atoms with Crippen LogP contribution in [0, 0.1) is 6.92 Å². The van der Waals surface area contributed by atoms with Crippen molar-refractivity contribution in [2.45, 2.75) is 19.9 Å². The smallest absolute Gasteiger partial charge is 0.372 e. The third-order valence-electron chi connectivity index (χ3n) is 5.07. The molecule has 4 rings (SSSR count). The molecule has 2 aromatic carbocycles. The van der Waals surface area contributed by atoms with Crippen LogP contribution in [0.1, 0.15) is 24.1 Å². The molecule has 1 atom stereocenters. The topological polar surface area (TPSA) is 74.2 Å². The lowest BCUT2D eigenvalue weighted by molar-refractivity contribution is 0.406. The number of para-hydroxylation sites is 1. The van der Waals surface area contributed by atoms with Crippen LogP contribution in [0.3, 0.4) is 0 Å². The fourth-order valence-electron chi connectivity index (χ4n) is 3.65. The molecule has 142 valence electrons. The maximum Gasteiger partial charge on any atom is 0.422 e. The summed E-state index contributed by atoms with van der Waals surface area (Å²) in [5.74, 6) is -0.749. The molecular weight excluding hydrogens is 380 g/mol. The lowest BCUT2D eigenvalue weighted by Crippen LogP contribution is -2.28. The number of nitrogens with zero attached hydrogens (tertiary/aromatic N) is 2. The molecule has 0 radical (unpaired) electrons. The van der Waals surface area contributed by atoms with Crippen molar-refractivity contribution in [3.05, 3.63) is 90.1 Å². The molecule has 7 heteroatoms. The molecule has 0 saturated carbocycles. The first-order chi connectivity index (χ1) is 13.3. The van der Waals surface area contributed by atoms with Crippen LogP contribution in [0.5, 0.6) is 0 Å². The molecular formula is C21H17ClN2O4. The SMILES string of the molecule is Cc1cc([C@@H](C)n2c(=O)oc(=O)c3ccccc32)c2cc(Cl)n(C)c(=O)c2c1. The van der Waals surface area contributed by atoms with Gasteiger partial charge in [-0.3, -0.25) is 9.36 Å². The standard InChI is InChI=1S/C21H17ClN2O4/c1-11-8-14(15-10-18(22)23(3)19(25)16(15)9-11)12(2)24-17-7-5-4-6-13(17)20(26)28-21(24)27/h4-10,12H,1-3H3/t12-/m1/s1. The summed E-state index contributed by atoms with van der Waals surface area (Å²) in [6, 6.07) is 11.7. The van der Waals surface area contributed by atoms with Gasteiger partial charge >= 0.3 is 11.4 Å². The van der Waals surface area contributed by atoms with Crippen LogP contribution in [0.2, 0.25) is 5.15 Å². The molecule has 0 aliphatic rings. The second-order valence-corrected chi connectivity index (χ2v) is 7.25. The van der Waals surface area contributed by atoms with E-state index in [-0.39, 0.29) is 5.56 Å². The zero-order valence-corrected chi connectivity index (χ0v) is 16.3. The minimum Gasteiger partial charge on any atom is -0.372 e. The van der Waals surface area contributed by atoms with Crippen LogP contribution >= 0.6 is 11.6 Å². The van der Waals surface area contributed by atoms with E-state index in [1.54, 1.807) is 43.4 Å². The highest BCUT2D eigenvalue weighted by Gasteiger charge is 2.20. The Balaban J connectivity index is 2.11. The van der Waals surface area contributed by atoms with Gasteiger partial charge in [-0.2, -0.15) is 0 Å². The third kappa shape index (κ3) is 2.68. The lowest BCUT2D eigenvalue weighted by Gasteiger charge is -2.20. The summed E-state index contributed by atoms with van der Waals surface area (Å²) in [5, 5.41) is 1.79. The van der Waals surface area contributed by atoms with E-state index in [0.29, 0.717) is 26.8 Å². The Kier molecular flexibility index (Phi) is 4.23. The second-order valence-electron chi connectivity index (χ2n) is 6.87. The highest BCUT2D eigenvalue weighted by Crippen LogP contribution is 2.29. The molecule has 0 aliphatic carbocycles. The average molecular weight is 397 g/mol. The van der Waals surface area contributed by atoms with Crippen molar-refractivity contribution >= 4 is 33.3 Å². The molecule has 4 aromatic rings. The van der Waals surface area contributed by atoms with Crippen molar-refractivity contribution in [2.24, 2.45) is 7.05 Å². The summed E-state index contributed by atoms with van der Waals surface area (Å²) < 4.78 is 7.74. The van der Waals surface area contributed by atoms with Crippen molar-refractivity contribution in [3.8, 4) is 0 Å². The van der Waals surface area contributed by atoms with Gasteiger partial charge in [0.25, 0.3) is 5.56 Å². The normalized spacial score (nSPS) is 12.6. The molecule has 2 aromatic heterocycles. The number of aryl methyl sites for hydroxylation is 1. The Morgan fingerprint density at radius 2 is 1.71 bits per heavy atom. The Morgan fingerprint density at radius 3 is 2.46 bits per heavy atom. The minimum absolute atomic E-state index is 0.212. The molecule has 2 heterocycles. The molecule has 0 aliphatic heterocycles. The first-order valence-corrected chi connectivity index (χ1v) is 9.11. The number of rotatable bonds is 2. The Bertz CT molecular complexity index is 1430. The van der Waals surface area contributed by atoms with Crippen molar-refractivity contribution in [1.82, 2.24) is 9.13 Å². The predicted molar refractivity (Wildman–Crippen MR) is 109 cm³/mol. The van der Waals surface area contributed by atoms with Gasteiger partial charge in [-0.25, -0.2) is 9.59 Å². The molecule has 0 unspecified atom stereocenters. The van der Waals surface area contributed by atoms with Gasteiger partial charge < -0.3 is 8.98 Å². The van der Waals surface area contributed by atoms with Crippen LogP contribution in [0.25, 0.3) is 21.7 Å². The van der Waals surface area contributed by atoms with E-state index in [1.807, 2.05) is 19.9 Å². The molecule has 0 spiro atoms. The minimum atomic E-state index is -0.749. The predicted octanol–water partition coefficient (Wildman–Crippen LogP) is 3.38. The molecule has 6 nitrogen and oxygen atoms in total. The van der Waals surface area contributed by atoms with E-state index >= 15 is 0 Å².